The maximum Gasteiger partial charge on any atom is 0.238 e. The van der Waals surface area contributed by atoms with E-state index in [4.69, 9.17) is 15.0 Å². The van der Waals surface area contributed by atoms with Crippen molar-refractivity contribution >= 4 is 66.2 Å². The molecule has 0 amide bonds. The van der Waals surface area contributed by atoms with E-state index in [2.05, 4.69) is 154 Å². The van der Waals surface area contributed by atoms with E-state index in [1.165, 1.54) is 16.3 Å². The normalized spacial score (nSPS) is 13.7. The van der Waals surface area contributed by atoms with Gasteiger partial charge in [0.05, 0.1) is 39.1 Å². The molecule has 0 atom stereocenters. The Morgan fingerprint density at radius 1 is 0.490 bits per heavy atom. The summed E-state index contributed by atoms with van der Waals surface area (Å²) in [6.07, 6.45) is 8.30. The minimum Gasteiger partial charge on any atom is -0.306 e. The van der Waals surface area contributed by atoms with Crippen LogP contribution in [0.2, 0.25) is 0 Å². The van der Waals surface area contributed by atoms with Gasteiger partial charge in [-0.25, -0.2) is 4.98 Å². The summed E-state index contributed by atoms with van der Waals surface area (Å²) in [6, 6.07) is 49.5. The highest BCUT2D eigenvalue weighted by atomic mass is 15.2. The lowest BCUT2D eigenvalue weighted by atomic mass is 10.0. The zero-order chi connectivity index (χ0) is 33.5. The van der Waals surface area contributed by atoms with Crippen LogP contribution in [-0.4, -0.2) is 24.1 Å². The third-order valence-electron chi connectivity index (χ3n) is 10.3. The third-order valence-corrected chi connectivity index (χ3v) is 10.3. The minimum absolute atomic E-state index is 0.617. The van der Waals surface area contributed by atoms with E-state index in [-0.39, 0.29) is 0 Å². The van der Waals surface area contributed by atoms with E-state index in [1.54, 1.807) is 0 Å². The first-order chi connectivity index (χ1) is 25.3. The number of hydrogen-bond acceptors (Lipinski definition) is 4. The average Bonchev–Trinajstić information content (AvgIpc) is 3.73. The third kappa shape index (κ3) is 4.07. The van der Waals surface area contributed by atoms with Gasteiger partial charge in [0, 0.05) is 32.8 Å². The molecule has 6 heteroatoms. The number of benzene rings is 6. The topological polar surface area (TPSA) is 51.8 Å². The smallest absolute Gasteiger partial charge is 0.238 e. The second kappa shape index (κ2) is 10.9. The molecule has 11 rings (SSSR count). The Morgan fingerprint density at radius 2 is 1.22 bits per heavy atom. The molecule has 9 aromatic rings. The van der Waals surface area contributed by atoms with Crippen molar-refractivity contribution in [3.63, 3.8) is 0 Å². The van der Waals surface area contributed by atoms with Crippen molar-refractivity contribution in [2.45, 2.75) is 12.8 Å². The van der Waals surface area contributed by atoms with Gasteiger partial charge < -0.3 is 9.47 Å². The Balaban J connectivity index is 1.29. The second-order valence-electron chi connectivity index (χ2n) is 13.2. The van der Waals surface area contributed by atoms with Gasteiger partial charge in [-0.3, -0.25) is 4.57 Å². The molecule has 1 aliphatic heterocycles. The Labute approximate surface area is 293 Å². The van der Waals surface area contributed by atoms with Crippen LogP contribution >= 0.6 is 0 Å². The molecule has 3 aromatic heterocycles. The second-order valence-corrected chi connectivity index (χ2v) is 13.2. The zero-order valence-corrected chi connectivity index (χ0v) is 27.6. The number of allylic oxidation sites excluding steroid dienone is 4. The van der Waals surface area contributed by atoms with Crippen molar-refractivity contribution in [2.24, 2.45) is 0 Å². The standard InChI is InChI=1S/C45H30N6/c1-4-15-29(16-5-1)43-46-44(30-17-6-2-7-18-30)48-45(47-43)51-35-23-11-10-21-32(35)33-27-28-38-40(42(33)51)34-22-14-26-39-41(34)50(38)37-25-13-12-24-36(37)49(39)31-19-8-3-9-20-31/h1-6,8-17,19-28H,7,18H2. The highest BCUT2D eigenvalue weighted by Crippen LogP contribution is 2.51. The molecule has 2 aliphatic rings. The van der Waals surface area contributed by atoms with Crippen molar-refractivity contribution in [3.05, 3.63) is 164 Å². The summed E-state index contributed by atoms with van der Waals surface area (Å²) >= 11 is 0. The largest absolute Gasteiger partial charge is 0.306 e. The summed E-state index contributed by atoms with van der Waals surface area (Å²) in [4.78, 5) is 18.0. The summed E-state index contributed by atoms with van der Waals surface area (Å²) in [5.41, 5.74) is 11.1. The number of para-hydroxylation sites is 5. The molecule has 0 N–H and O–H groups in total. The van der Waals surface area contributed by atoms with Crippen molar-refractivity contribution in [1.82, 2.24) is 24.1 Å². The highest BCUT2D eigenvalue weighted by molar-refractivity contribution is 6.28. The van der Waals surface area contributed by atoms with Crippen LogP contribution in [0.4, 0.5) is 17.1 Å². The number of anilines is 3. The minimum atomic E-state index is 0.617. The maximum absolute atomic E-state index is 5.28. The van der Waals surface area contributed by atoms with Crippen LogP contribution in [0.15, 0.2) is 158 Å². The Hall–Kier alpha value is -6.79. The van der Waals surface area contributed by atoms with Crippen LogP contribution in [0, 0.1) is 0 Å². The number of aromatic nitrogens is 5. The van der Waals surface area contributed by atoms with Crippen LogP contribution in [0.1, 0.15) is 18.7 Å². The average molecular weight is 655 g/mol. The van der Waals surface area contributed by atoms with Gasteiger partial charge in [-0.05, 0) is 60.9 Å². The molecule has 0 bridgehead atoms. The molecule has 0 spiro atoms. The van der Waals surface area contributed by atoms with Crippen LogP contribution in [0.5, 0.6) is 0 Å². The van der Waals surface area contributed by atoms with Gasteiger partial charge in [0.1, 0.15) is 0 Å². The molecule has 6 nitrogen and oxygen atoms in total. The lowest BCUT2D eigenvalue weighted by Crippen LogP contribution is -2.17. The Morgan fingerprint density at radius 3 is 2.06 bits per heavy atom. The fourth-order valence-electron chi connectivity index (χ4n) is 8.17. The molecular formula is C45H30N6. The van der Waals surface area contributed by atoms with E-state index in [1.807, 2.05) is 18.2 Å². The summed E-state index contributed by atoms with van der Waals surface area (Å²) in [5, 5.41) is 4.69. The lowest BCUT2D eigenvalue weighted by Gasteiger charge is -2.33. The molecule has 0 saturated heterocycles. The number of hydrogen-bond donors (Lipinski definition) is 0. The Bertz CT molecular complexity index is 2910. The molecule has 6 aromatic carbocycles. The number of nitrogens with zero attached hydrogens (tertiary/aromatic N) is 6. The summed E-state index contributed by atoms with van der Waals surface area (Å²) in [7, 11) is 0. The molecule has 0 radical (unpaired) electrons. The van der Waals surface area contributed by atoms with E-state index >= 15 is 0 Å². The maximum atomic E-state index is 5.28. The van der Waals surface area contributed by atoms with E-state index < -0.39 is 0 Å². The summed E-state index contributed by atoms with van der Waals surface area (Å²) in [5.74, 6) is 2.00. The quantitative estimate of drug-likeness (QED) is 0.189. The van der Waals surface area contributed by atoms with Crippen LogP contribution in [0.25, 0.3) is 72.2 Å². The van der Waals surface area contributed by atoms with Gasteiger partial charge >= 0.3 is 0 Å². The molecule has 0 saturated carbocycles. The number of rotatable bonds is 4. The van der Waals surface area contributed by atoms with Gasteiger partial charge in [0.25, 0.3) is 0 Å². The highest BCUT2D eigenvalue weighted by Gasteiger charge is 2.30. The first-order valence-corrected chi connectivity index (χ1v) is 17.5. The molecule has 1 aliphatic carbocycles. The van der Waals surface area contributed by atoms with Gasteiger partial charge in [0.2, 0.25) is 5.95 Å². The monoisotopic (exact) mass is 654 g/mol. The van der Waals surface area contributed by atoms with Crippen molar-refractivity contribution in [2.75, 3.05) is 4.90 Å². The van der Waals surface area contributed by atoms with Crippen LogP contribution in [0.3, 0.4) is 0 Å². The van der Waals surface area contributed by atoms with Gasteiger partial charge in [-0.2, -0.15) is 9.97 Å². The van der Waals surface area contributed by atoms with Crippen molar-refractivity contribution in [1.29, 1.82) is 0 Å². The molecule has 51 heavy (non-hydrogen) atoms. The zero-order valence-electron chi connectivity index (χ0n) is 27.6. The summed E-state index contributed by atoms with van der Waals surface area (Å²) in [6.45, 7) is 0. The molecule has 0 unspecified atom stereocenters. The van der Waals surface area contributed by atoms with Crippen molar-refractivity contribution in [3.8, 4) is 23.0 Å². The molecule has 4 heterocycles. The molecule has 0 fully saturated rings. The van der Waals surface area contributed by atoms with E-state index in [0.717, 1.165) is 79.9 Å². The fraction of sp³-hybridized carbons (Fsp3) is 0.0444. The molecular weight excluding hydrogens is 625 g/mol. The predicted molar refractivity (Wildman–Crippen MR) is 209 cm³/mol. The first kappa shape index (κ1) is 28.1. The van der Waals surface area contributed by atoms with Gasteiger partial charge in [-0.15, -0.1) is 0 Å². The van der Waals surface area contributed by atoms with Crippen LogP contribution < -0.4 is 4.90 Å². The van der Waals surface area contributed by atoms with Crippen LogP contribution in [-0.2, 0) is 0 Å². The van der Waals surface area contributed by atoms with Gasteiger partial charge in [0.15, 0.2) is 11.6 Å². The lowest BCUT2D eigenvalue weighted by molar-refractivity contribution is 0.914. The summed E-state index contributed by atoms with van der Waals surface area (Å²) < 4.78 is 4.72. The van der Waals surface area contributed by atoms with E-state index in [0.29, 0.717) is 11.8 Å². The first-order valence-electron chi connectivity index (χ1n) is 17.5. The molecule has 240 valence electrons. The Kier molecular flexibility index (Phi) is 5.98. The van der Waals surface area contributed by atoms with Gasteiger partial charge in [-0.1, -0.05) is 115 Å². The van der Waals surface area contributed by atoms with E-state index in [9.17, 15) is 0 Å². The fourth-order valence-corrected chi connectivity index (χ4v) is 8.17. The SMILES string of the molecule is C1=CCCC(c2nc(-c3ccccc3)nc(-n3c4ccccc4c4ccc5c(c6cccc7c6n5-c5ccccc5N7c5ccccc5)c43)n2)=C1. The predicted octanol–water partition coefficient (Wildman–Crippen LogP) is 11.2. The number of fused-ring (bicyclic) bond motifs is 9. The van der Waals surface area contributed by atoms with Crippen molar-refractivity contribution < 1.29 is 0 Å².